The smallest absolute Gasteiger partial charge is 0.0687 e. The molecule has 0 fully saturated rings. The number of nitrogen functional groups attached to an aromatic ring is 1. The van der Waals surface area contributed by atoms with Gasteiger partial charge >= 0.3 is 0 Å². The predicted octanol–water partition coefficient (Wildman–Crippen LogP) is 3.51. The first-order chi connectivity index (χ1) is 5.15. The first kappa shape index (κ1) is 12.3. The predicted molar refractivity (Wildman–Crippen MR) is 59.6 cm³/mol. The zero-order valence-electron chi connectivity index (χ0n) is 5.77. The summed E-state index contributed by atoms with van der Waals surface area (Å²) in [6.07, 6.45) is 0. The Balaban J connectivity index is 0.00000121. The van der Waals surface area contributed by atoms with Crippen molar-refractivity contribution in [2.75, 3.05) is 5.43 Å². The Kier molecular flexibility index (Phi) is 5.29. The molecule has 1 aromatic carbocycles. The highest BCUT2D eigenvalue weighted by atomic mass is 79.9. The van der Waals surface area contributed by atoms with Crippen LogP contribution in [0.25, 0.3) is 0 Å². The molecule has 3 N–H and O–H groups in total. The van der Waals surface area contributed by atoms with Crippen LogP contribution in [0, 0.1) is 0 Å². The van der Waals surface area contributed by atoms with Crippen molar-refractivity contribution in [3.8, 4) is 0 Å². The average Bonchev–Trinajstić information content (AvgIpc) is 1.97. The molecule has 0 saturated heterocycles. The summed E-state index contributed by atoms with van der Waals surface area (Å²) in [5.74, 6) is 5.13. The topological polar surface area (TPSA) is 38.0 Å². The third kappa shape index (κ3) is 2.68. The highest BCUT2D eigenvalue weighted by Crippen LogP contribution is 2.31. The third-order valence-corrected chi connectivity index (χ3v) is 2.20. The standard InChI is InChI=1S/C6H5Cl3N2.BrH/c7-3-1-5(9)6(11-10)2-4(3)8;/h1-2,11H,10H2;1H. The van der Waals surface area contributed by atoms with Gasteiger partial charge in [-0.15, -0.1) is 17.0 Å². The molecule has 0 amide bonds. The van der Waals surface area contributed by atoms with E-state index in [2.05, 4.69) is 5.43 Å². The highest BCUT2D eigenvalue weighted by molar-refractivity contribution is 8.93. The lowest BCUT2D eigenvalue weighted by Crippen LogP contribution is -2.06. The van der Waals surface area contributed by atoms with Crippen LogP contribution in [-0.4, -0.2) is 0 Å². The number of nitrogens with one attached hydrogen (secondary N) is 1. The molecule has 0 saturated carbocycles. The summed E-state index contributed by atoms with van der Waals surface area (Å²) in [7, 11) is 0. The van der Waals surface area contributed by atoms with E-state index in [9.17, 15) is 0 Å². The third-order valence-electron chi connectivity index (χ3n) is 1.17. The molecule has 0 aliphatic carbocycles. The molecule has 0 spiro atoms. The van der Waals surface area contributed by atoms with Crippen molar-refractivity contribution in [2.24, 2.45) is 5.84 Å². The number of benzene rings is 1. The summed E-state index contributed by atoms with van der Waals surface area (Å²) >= 11 is 17.1. The molecule has 6 heteroatoms. The van der Waals surface area contributed by atoms with Gasteiger partial charge in [0.2, 0.25) is 0 Å². The van der Waals surface area contributed by atoms with Crippen molar-refractivity contribution in [2.45, 2.75) is 0 Å². The molecule has 0 bridgehead atoms. The summed E-state index contributed by atoms with van der Waals surface area (Å²) in [5, 5.41) is 1.28. The Morgan fingerprint density at radius 1 is 1.00 bits per heavy atom. The van der Waals surface area contributed by atoms with Crippen molar-refractivity contribution in [1.29, 1.82) is 0 Å². The first-order valence-corrected chi connectivity index (χ1v) is 3.89. The molecule has 2 nitrogen and oxygen atoms in total. The van der Waals surface area contributed by atoms with E-state index in [4.69, 9.17) is 40.6 Å². The monoisotopic (exact) mass is 290 g/mol. The van der Waals surface area contributed by atoms with Gasteiger partial charge in [0, 0.05) is 0 Å². The molecule has 0 aliphatic heterocycles. The van der Waals surface area contributed by atoms with Crippen molar-refractivity contribution in [1.82, 2.24) is 0 Å². The second-order valence-electron chi connectivity index (χ2n) is 1.89. The molecule has 0 heterocycles. The molecule has 1 rings (SSSR count). The lowest BCUT2D eigenvalue weighted by atomic mass is 10.3. The Morgan fingerprint density at radius 3 is 2.00 bits per heavy atom. The minimum atomic E-state index is 0. The van der Waals surface area contributed by atoms with E-state index in [1.54, 1.807) is 6.07 Å². The van der Waals surface area contributed by atoms with Crippen LogP contribution in [0.3, 0.4) is 0 Å². The van der Waals surface area contributed by atoms with Gasteiger partial charge in [0.1, 0.15) is 0 Å². The molecule has 68 valence electrons. The van der Waals surface area contributed by atoms with Crippen LogP contribution in [0.2, 0.25) is 15.1 Å². The van der Waals surface area contributed by atoms with Crippen molar-refractivity contribution < 1.29 is 0 Å². The van der Waals surface area contributed by atoms with Crippen LogP contribution < -0.4 is 11.3 Å². The van der Waals surface area contributed by atoms with E-state index >= 15 is 0 Å². The van der Waals surface area contributed by atoms with E-state index < -0.39 is 0 Å². The fourth-order valence-corrected chi connectivity index (χ4v) is 1.23. The number of halogens is 4. The fourth-order valence-electron chi connectivity index (χ4n) is 0.633. The van der Waals surface area contributed by atoms with E-state index in [1.165, 1.54) is 6.07 Å². The number of nitrogens with two attached hydrogens (primary N) is 1. The first-order valence-electron chi connectivity index (χ1n) is 2.76. The molecule has 0 aliphatic rings. The van der Waals surface area contributed by atoms with Crippen LogP contribution in [0.5, 0.6) is 0 Å². The van der Waals surface area contributed by atoms with Gasteiger partial charge in [-0.1, -0.05) is 34.8 Å². The van der Waals surface area contributed by atoms with Crippen LogP contribution in [0.1, 0.15) is 0 Å². The van der Waals surface area contributed by atoms with Crippen molar-refractivity contribution in [3.05, 3.63) is 27.2 Å². The van der Waals surface area contributed by atoms with Crippen LogP contribution in [0.15, 0.2) is 12.1 Å². The van der Waals surface area contributed by atoms with Gasteiger partial charge in [0.15, 0.2) is 0 Å². The van der Waals surface area contributed by atoms with Crippen LogP contribution in [-0.2, 0) is 0 Å². The maximum Gasteiger partial charge on any atom is 0.0687 e. The second kappa shape index (κ2) is 5.14. The number of hydrazine groups is 1. The average molecular weight is 292 g/mol. The lowest BCUT2D eigenvalue weighted by molar-refractivity contribution is 1.35. The van der Waals surface area contributed by atoms with E-state index in [0.29, 0.717) is 20.8 Å². The molecular formula is C6H6BrCl3N2. The Morgan fingerprint density at radius 2 is 1.50 bits per heavy atom. The minimum Gasteiger partial charge on any atom is -0.323 e. The Hall–Kier alpha value is 0.330. The molecular weight excluding hydrogens is 286 g/mol. The molecule has 12 heavy (non-hydrogen) atoms. The Bertz CT molecular complexity index is 280. The largest absolute Gasteiger partial charge is 0.323 e. The Labute approximate surface area is 95.7 Å². The zero-order valence-corrected chi connectivity index (χ0v) is 9.76. The van der Waals surface area contributed by atoms with E-state index in [1.807, 2.05) is 0 Å². The van der Waals surface area contributed by atoms with Crippen molar-refractivity contribution in [3.63, 3.8) is 0 Å². The number of hydrogen-bond acceptors (Lipinski definition) is 2. The summed E-state index contributed by atoms with van der Waals surface area (Å²) in [5.41, 5.74) is 2.94. The quantitative estimate of drug-likeness (QED) is 0.472. The summed E-state index contributed by atoms with van der Waals surface area (Å²) in [4.78, 5) is 0. The number of rotatable bonds is 1. The van der Waals surface area contributed by atoms with Gasteiger partial charge < -0.3 is 5.43 Å². The maximum absolute atomic E-state index is 5.72. The minimum absolute atomic E-state index is 0. The molecule has 0 radical (unpaired) electrons. The number of hydrogen-bond donors (Lipinski definition) is 2. The fraction of sp³-hybridized carbons (Fsp3) is 0. The van der Waals surface area contributed by atoms with Crippen LogP contribution >= 0.6 is 51.8 Å². The SMILES string of the molecule is Br.NNc1cc(Cl)c(Cl)cc1Cl. The lowest BCUT2D eigenvalue weighted by Gasteiger charge is -2.03. The van der Waals surface area contributed by atoms with Gasteiger partial charge in [-0.25, -0.2) is 0 Å². The van der Waals surface area contributed by atoms with Gasteiger partial charge in [-0.3, -0.25) is 5.84 Å². The summed E-state index contributed by atoms with van der Waals surface area (Å²) in [6, 6.07) is 3.09. The molecule has 0 unspecified atom stereocenters. The van der Waals surface area contributed by atoms with Crippen molar-refractivity contribution >= 4 is 57.5 Å². The van der Waals surface area contributed by atoms with Gasteiger partial charge in [-0.05, 0) is 12.1 Å². The molecule has 1 aromatic rings. The van der Waals surface area contributed by atoms with E-state index in [-0.39, 0.29) is 17.0 Å². The van der Waals surface area contributed by atoms with Gasteiger partial charge in [0.25, 0.3) is 0 Å². The second-order valence-corrected chi connectivity index (χ2v) is 3.11. The summed E-state index contributed by atoms with van der Waals surface area (Å²) < 4.78 is 0. The van der Waals surface area contributed by atoms with Gasteiger partial charge in [-0.2, -0.15) is 0 Å². The molecule has 0 aromatic heterocycles. The normalized spacial score (nSPS) is 9.00. The zero-order chi connectivity index (χ0) is 8.43. The van der Waals surface area contributed by atoms with E-state index in [0.717, 1.165) is 0 Å². The van der Waals surface area contributed by atoms with Crippen LogP contribution in [0.4, 0.5) is 5.69 Å². The molecule has 0 atom stereocenters. The maximum atomic E-state index is 5.72. The number of anilines is 1. The highest BCUT2D eigenvalue weighted by Gasteiger charge is 2.03. The summed E-state index contributed by atoms with van der Waals surface area (Å²) in [6.45, 7) is 0. The van der Waals surface area contributed by atoms with Gasteiger partial charge in [0.05, 0.1) is 20.8 Å².